The van der Waals surface area contributed by atoms with Gasteiger partial charge in [-0.25, -0.2) is 8.42 Å². The molecule has 0 radical (unpaired) electrons. The molecule has 0 saturated heterocycles. The number of rotatable bonds is 7. The molecule has 104 valence electrons. The molecule has 2 rings (SSSR count). The zero-order valence-electron chi connectivity index (χ0n) is 10.5. The van der Waals surface area contributed by atoms with Crippen LogP contribution in [0.1, 0.15) is 30.9 Å². The molecule has 1 fully saturated rings. The molecule has 1 atom stereocenters. The van der Waals surface area contributed by atoms with Crippen molar-refractivity contribution in [3.8, 4) is 0 Å². The molecule has 6 heteroatoms. The van der Waals surface area contributed by atoms with Crippen LogP contribution in [0.3, 0.4) is 0 Å². The second-order valence-electron chi connectivity index (χ2n) is 4.85. The van der Waals surface area contributed by atoms with E-state index < -0.39 is 22.0 Å². The van der Waals surface area contributed by atoms with Gasteiger partial charge in [0.25, 0.3) is 0 Å². The van der Waals surface area contributed by atoms with Crippen molar-refractivity contribution in [2.75, 3.05) is 5.75 Å². The van der Waals surface area contributed by atoms with Crippen molar-refractivity contribution in [2.24, 2.45) is 5.92 Å². The number of hydrogen-bond acceptors (Lipinski definition) is 3. The molecule has 19 heavy (non-hydrogen) atoms. The molecule has 0 spiro atoms. The van der Waals surface area contributed by atoms with Gasteiger partial charge in [-0.1, -0.05) is 43.2 Å². The number of aliphatic carboxylic acids is 1. The minimum Gasteiger partial charge on any atom is -0.480 e. The lowest BCUT2D eigenvalue weighted by Crippen LogP contribution is -2.35. The SMILES string of the molecule is O=C(O)[C@@H](NS(=O)(=O)CCC1CC1)c1ccccc1. The number of sulfonamides is 1. The second-order valence-corrected chi connectivity index (χ2v) is 6.72. The third-order valence-electron chi connectivity index (χ3n) is 3.17. The fraction of sp³-hybridized carbons (Fsp3) is 0.462. The van der Waals surface area contributed by atoms with Crippen molar-refractivity contribution in [1.29, 1.82) is 0 Å². The molecule has 0 aromatic heterocycles. The van der Waals surface area contributed by atoms with Gasteiger partial charge in [0.1, 0.15) is 6.04 Å². The Hall–Kier alpha value is -1.40. The van der Waals surface area contributed by atoms with Gasteiger partial charge in [0.15, 0.2) is 0 Å². The quantitative estimate of drug-likeness (QED) is 0.795. The topological polar surface area (TPSA) is 83.5 Å². The molecule has 2 N–H and O–H groups in total. The van der Waals surface area contributed by atoms with E-state index in [1.165, 1.54) is 0 Å². The van der Waals surface area contributed by atoms with Crippen molar-refractivity contribution in [1.82, 2.24) is 4.72 Å². The second kappa shape index (κ2) is 5.71. The summed E-state index contributed by atoms with van der Waals surface area (Å²) in [6.45, 7) is 0. The molecule has 5 nitrogen and oxygen atoms in total. The number of hydrogen-bond donors (Lipinski definition) is 2. The monoisotopic (exact) mass is 283 g/mol. The molecule has 1 aromatic carbocycles. The first kappa shape index (κ1) is 14.0. The Morgan fingerprint density at radius 3 is 2.47 bits per heavy atom. The number of carbonyl (C=O) groups is 1. The molecule has 0 unspecified atom stereocenters. The van der Waals surface area contributed by atoms with Crippen LogP contribution in [0, 0.1) is 5.92 Å². The Bertz CT molecular complexity index is 537. The van der Waals surface area contributed by atoms with Crippen molar-refractivity contribution >= 4 is 16.0 Å². The van der Waals surface area contributed by atoms with E-state index in [4.69, 9.17) is 5.11 Å². The molecule has 1 aromatic rings. The number of carboxylic acid groups (broad SMARTS) is 1. The summed E-state index contributed by atoms with van der Waals surface area (Å²) in [5.74, 6) is -0.702. The molecule has 1 saturated carbocycles. The summed E-state index contributed by atoms with van der Waals surface area (Å²) >= 11 is 0. The number of carboxylic acids is 1. The van der Waals surface area contributed by atoms with Gasteiger partial charge < -0.3 is 5.11 Å². The Labute approximate surface area is 112 Å². The van der Waals surface area contributed by atoms with Crippen LogP contribution in [0.2, 0.25) is 0 Å². The highest BCUT2D eigenvalue weighted by Crippen LogP contribution is 2.32. The van der Waals surface area contributed by atoms with Crippen LogP contribution in [0.15, 0.2) is 30.3 Å². The molecule has 1 aliphatic rings. The van der Waals surface area contributed by atoms with E-state index in [2.05, 4.69) is 4.72 Å². The lowest BCUT2D eigenvalue weighted by Gasteiger charge is -2.15. The summed E-state index contributed by atoms with van der Waals surface area (Å²) in [5.41, 5.74) is 0.435. The van der Waals surface area contributed by atoms with E-state index in [1.54, 1.807) is 30.3 Å². The predicted molar refractivity (Wildman–Crippen MR) is 71.1 cm³/mol. The minimum absolute atomic E-state index is 0.00567. The first-order chi connectivity index (χ1) is 8.98. The van der Waals surface area contributed by atoms with E-state index in [1.807, 2.05) is 0 Å². The van der Waals surface area contributed by atoms with Crippen LogP contribution in [0.25, 0.3) is 0 Å². The average Bonchev–Trinajstić information content (AvgIpc) is 3.19. The fourth-order valence-corrected chi connectivity index (χ4v) is 3.23. The van der Waals surface area contributed by atoms with Crippen LogP contribution in [0.4, 0.5) is 0 Å². The van der Waals surface area contributed by atoms with E-state index >= 15 is 0 Å². The Morgan fingerprint density at radius 1 is 1.32 bits per heavy atom. The van der Waals surface area contributed by atoms with Crippen LogP contribution in [-0.4, -0.2) is 25.2 Å². The fourth-order valence-electron chi connectivity index (χ4n) is 1.87. The van der Waals surface area contributed by atoms with Gasteiger partial charge in [-0.05, 0) is 17.9 Å². The van der Waals surface area contributed by atoms with Gasteiger partial charge in [0.05, 0.1) is 5.75 Å². The highest BCUT2D eigenvalue weighted by Gasteiger charge is 2.28. The third kappa shape index (κ3) is 4.33. The van der Waals surface area contributed by atoms with E-state index in [0.29, 0.717) is 17.9 Å². The largest absolute Gasteiger partial charge is 0.480 e. The summed E-state index contributed by atoms with van der Waals surface area (Å²) in [6.07, 6.45) is 2.77. The summed E-state index contributed by atoms with van der Waals surface area (Å²) in [6, 6.07) is 7.10. The van der Waals surface area contributed by atoms with Gasteiger partial charge in [0.2, 0.25) is 10.0 Å². The molecule has 1 aliphatic carbocycles. The van der Waals surface area contributed by atoms with Gasteiger partial charge in [-0.2, -0.15) is 4.72 Å². The van der Waals surface area contributed by atoms with Crippen LogP contribution >= 0.6 is 0 Å². The summed E-state index contributed by atoms with van der Waals surface area (Å²) in [4.78, 5) is 11.2. The van der Waals surface area contributed by atoms with Gasteiger partial charge in [0, 0.05) is 0 Å². The summed E-state index contributed by atoms with van der Waals surface area (Å²) in [7, 11) is -3.56. The lowest BCUT2D eigenvalue weighted by molar-refractivity contribution is -0.139. The average molecular weight is 283 g/mol. The normalized spacial score (nSPS) is 17.1. The third-order valence-corrected chi connectivity index (χ3v) is 4.54. The van der Waals surface area contributed by atoms with Gasteiger partial charge in [-0.15, -0.1) is 0 Å². The Balaban J connectivity index is 2.05. The Morgan fingerprint density at radius 2 is 1.95 bits per heavy atom. The number of nitrogens with one attached hydrogen (secondary N) is 1. The van der Waals surface area contributed by atoms with Crippen molar-refractivity contribution in [3.05, 3.63) is 35.9 Å². The predicted octanol–water partition coefficient (Wildman–Crippen LogP) is 1.53. The number of benzene rings is 1. The maximum absolute atomic E-state index is 11.9. The van der Waals surface area contributed by atoms with Gasteiger partial charge in [-0.3, -0.25) is 4.79 Å². The molecular weight excluding hydrogens is 266 g/mol. The standard InChI is InChI=1S/C13H17NO4S/c15-13(16)12(11-4-2-1-3-5-11)14-19(17,18)9-8-10-6-7-10/h1-5,10,12,14H,6-9H2,(H,15,16)/t12-/m0/s1. The van der Waals surface area contributed by atoms with Crippen LogP contribution in [-0.2, 0) is 14.8 Å². The molecular formula is C13H17NO4S. The van der Waals surface area contributed by atoms with Gasteiger partial charge >= 0.3 is 5.97 Å². The smallest absolute Gasteiger partial charge is 0.326 e. The first-order valence-electron chi connectivity index (χ1n) is 6.26. The van der Waals surface area contributed by atoms with Crippen molar-refractivity contribution in [2.45, 2.75) is 25.3 Å². The molecule has 0 amide bonds. The van der Waals surface area contributed by atoms with Crippen LogP contribution in [0.5, 0.6) is 0 Å². The molecule has 0 aliphatic heterocycles. The van der Waals surface area contributed by atoms with E-state index in [-0.39, 0.29) is 5.75 Å². The minimum atomic E-state index is -3.56. The highest BCUT2D eigenvalue weighted by atomic mass is 32.2. The van der Waals surface area contributed by atoms with Crippen molar-refractivity contribution in [3.63, 3.8) is 0 Å². The molecule has 0 heterocycles. The maximum atomic E-state index is 11.9. The van der Waals surface area contributed by atoms with Crippen LogP contribution < -0.4 is 4.72 Å². The summed E-state index contributed by atoms with van der Waals surface area (Å²) in [5, 5.41) is 9.15. The lowest BCUT2D eigenvalue weighted by atomic mass is 10.1. The zero-order valence-corrected chi connectivity index (χ0v) is 11.3. The van der Waals surface area contributed by atoms with E-state index in [0.717, 1.165) is 12.8 Å². The van der Waals surface area contributed by atoms with Crippen molar-refractivity contribution < 1.29 is 18.3 Å². The zero-order chi connectivity index (χ0) is 13.9. The molecule has 0 bridgehead atoms. The van der Waals surface area contributed by atoms with E-state index in [9.17, 15) is 13.2 Å². The maximum Gasteiger partial charge on any atom is 0.326 e. The first-order valence-corrected chi connectivity index (χ1v) is 7.91. The summed E-state index contributed by atoms with van der Waals surface area (Å²) < 4.78 is 26.0. The Kier molecular flexibility index (Phi) is 4.21. The highest BCUT2D eigenvalue weighted by molar-refractivity contribution is 7.89.